The fraction of sp³-hybridized carbons (Fsp3) is 0.150. The number of hydrogen-bond donors (Lipinski definition) is 3. The number of carbonyl (C=O) groups excluding carboxylic acids is 1. The second kappa shape index (κ2) is 6.83. The molecule has 4 rings (SSSR count). The summed E-state index contributed by atoms with van der Waals surface area (Å²) in [5.74, 6) is 0.750. The van der Waals surface area contributed by atoms with E-state index in [1.165, 1.54) is 5.39 Å². The largest absolute Gasteiger partial charge is 0.460 e. The molecular weight excluding hydrogens is 314 g/mol. The molecule has 2 aromatic heterocycles. The summed E-state index contributed by atoms with van der Waals surface area (Å²) in [6.07, 6.45) is 3.09. The van der Waals surface area contributed by atoms with Crippen molar-refractivity contribution in [3.8, 4) is 0 Å². The molecule has 0 aliphatic heterocycles. The highest BCUT2D eigenvalue weighted by Gasteiger charge is 2.07. The van der Waals surface area contributed by atoms with Crippen molar-refractivity contribution in [2.24, 2.45) is 0 Å². The first-order chi connectivity index (χ1) is 12.3. The number of fused-ring (bicyclic) bond motifs is 2. The van der Waals surface area contributed by atoms with Crippen LogP contribution >= 0.6 is 0 Å². The smallest absolute Gasteiger partial charge is 0.234 e. The van der Waals surface area contributed by atoms with Gasteiger partial charge in [-0.3, -0.25) is 10.2 Å². The van der Waals surface area contributed by atoms with Gasteiger partial charge in [-0.25, -0.2) is 5.43 Å². The number of carbonyl (C=O) groups is 1. The van der Waals surface area contributed by atoms with Gasteiger partial charge in [-0.2, -0.15) is 0 Å². The molecule has 0 unspecified atom stereocenters. The van der Waals surface area contributed by atoms with E-state index in [1.54, 1.807) is 0 Å². The van der Waals surface area contributed by atoms with Gasteiger partial charge in [-0.15, -0.1) is 0 Å². The Morgan fingerprint density at radius 2 is 1.92 bits per heavy atom. The maximum absolute atomic E-state index is 12.0. The normalized spacial score (nSPS) is 11.2. The molecule has 4 aromatic rings. The lowest BCUT2D eigenvalue weighted by atomic mass is 10.1. The average Bonchev–Trinajstić information content (AvgIpc) is 3.23. The van der Waals surface area contributed by atoms with E-state index in [-0.39, 0.29) is 5.91 Å². The molecule has 5 heteroatoms. The second-order valence-corrected chi connectivity index (χ2v) is 6.01. The first kappa shape index (κ1) is 15.5. The molecule has 0 atom stereocenters. The van der Waals surface area contributed by atoms with Crippen LogP contribution in [0.1, 0.15) is 17.7 Å². The summed E-state index contributed by atoms with van der Waals surface area (Å²) in [6.45, 7) is 0.452. The van der Waals surface area contributed by atoms with E-state index < -0.39 is 0 Å². The molecule has 3 N–H and O–H groups in total. The van der Waals surface area contributed by atoms with Gasteiger partial charge in [0, 0.05) is 28.9 Å². The summed E-state index contributed by atoms with van der Waals surface area (Å²) in [5, 5.41) is 2.23. The zero-order valence-corrected chi connectivity index (χ0v) is 13.7. The van der Waals surface area contributed by atoms with Crippen LogP contribution in [0, 0.1) is 0 Å². The first-order valence-electron chi connectivity index (χ1n) is 8.34. The molecule has 2 heterocycles. The highest BCUT2D eigenvalue weighted by molar-refractivity contribution is 5.84. The Hall–Kier alpha value is -3.05. The summed E-state index contributed by atoms with van der Waals surface area (Å²) in [7, 11) is 0. The third-order valence-corrected chi connectivity index (χ3v) is 4.26. The Labute approximate surface area is 145 Å². The minimum absolute atomic E-state index is 0.0404. The summed E-state index contributed by atoms with van der Waals surface area (Å²) >= 11 is 0. The number of amides is 1. The van der Waals surface area contributed by atoms with E-state index >= 15 is 0 Å². The first-order valence-corrected chi connectivity index (χ1v) is 8.34. The van der Waals surface area contributed by atoms with E-state index in [9.17, 15) is 4.79 Å². The van der Waals surface area contributed by atoms with Crippen molar-refractivity contribution in [2.45, 2.75) is 19.4 Å². The van der Waals surface area contributed by atoms with Crippen molar-refractivity contribution in [1.82, 2.24) is 15.8 Å². The quantitative estimate of drug-likeness (QED) is 0.472. The standard InChI is InChI=1S/C20H19N3O2/c24-20(10-9-15-12-21-18-7-3-2-6-17(15)18)23-22-13-16-11-14-5-1-4-8-19(14)25-16/h1-8,11-12,21-22H,9-10,13H2,(H,23,24). The van der Waals surface area contributed by atoms with Crippen molar-refractivity contribution in [2.75, 3.05) is 0 Å². The summed E-state index contributed by atoms with van der Waals surface area (Å²) in [4.78, 5) is 15.3. The molecule has 0 saturated carbocycles. The molecular formula is C20H19N3O2. The van der Waals surface area contributed by atoms with Crippen molar-refractivity contribution in [3.63, 3.8) is 0 Å². The average molecular weight is 333 g/mol. The monoisotopic (exact) mass is 333 g/mol. The molecule has 0 radical (unpaired) electrons. The van der Waals surface area contributed by atoms with Crippen molar-refractivity contribution < 1.29 is 9.21 Å². The maximum atomic E-state index is 12.0. The van der Waals surface area contributed by atoms with Crippen LogP contribution in [0.15, 0.2) is 65.2 Å². The third kappa shape index (κ3) is 3.41. The number of para-hydroxylation sites is 2. The molecule has 1 amide bonds. The van der Waals surface area contributed by atoms with E-state index in [0.717, 1.165) is 27.8 Å². The molecule has 5 nitrogen and oxygen atoms in total. The molecule has 0 fully saturated rings. The van der Waals surface area contributed by atoms with Gasteiger partial charge >= 0.3 is 0 Å². The predicted molar refractivity (Wildman–Crippen MR) is 97.8 cm³/mol. The van der Waals surface area contributed by atoms with Crippen LogP contribution < -0.4 is 10.9 Å². The Kier molecular flexibility index (Phi) is 4.23. The summed E-state index contributed by atoms with van der Waals surface area (Å²) in [5.41, 5.74) is 8.76. The molecule has 25 heavy (non-hydrogen) atoms. The Bertz CT molecular complexity index is 983. The van der Waals surface area contributed by atoms with Gasteiger partial charge in [-0.1, -0.05) is 36.4 Å². The number of H-pyrrole nitrogens is 1. The lowest BCUT2D eigenvalue weighted by Gasteiger charge is -2.05. The minimum Gasteiger partial charge on any atom is -0.460 e. The fourth-order valence-electron chi connectivity index (χ4n) is 3.00. The van der Waals surface area contributed by atoms with Crippen molar-refractivity contribution >= 4 is 27.8 Å². The van der Waals surface area contributed by atoms with Crippen LogP contribution in [0.5, 0.6) is 0 Å². The lowest BCUT2D eigenvalue weighted by molar-refractivity contribution is -0.122. The number of aryl methyl sites for hydroxylation is 1. The molecule has 0 aliphatic carbocycles. The number of aromatic amines is 1. The fourth-order valence-corrected chi connectivity index (χ4v) is 3.00. The maximum Gasteiger partial charge on any atom is 0.234 e. The summed E-state index contributed by atoms with van der Waals surface area (Å²) in [6, 6.07) is 17.9. The zero-order valence-electron chi connectivity index (χ0n) is 13.7. The van der Waals surface area contributed by atoms with Crippen LogP contribution in [0.25, 0.3) is 21.9 Å². The number of hydrogen-bond acceptors (Lipinski definition) is 3. The van der Waals surface area contributed by atoms with E-state index in [0.29, 0.717) is 19.4 Å². The zero-order chi connectivity index (χ0) is 17.1. The Balaban J connectivity index is 1.27. The highest BCUT2D eigenvalue weighted by atomic mass is 16.3. The number of benzene rings is 2. The third-order valence-electron chi connectivity index (χ3n) is 4.26. The molecule has 0 saturated heterocycles. The van der Waals surface area contributed by atoms with Crippen LogP contribution in [0.3, 0.4) is 0 Å². The second-order valence-electron chi connectivity index (χ2n) is 6.01. The van der Waals surface area contributed by atoms with Crippen molar-refractivity contribution in [1.29, 1.82) is 0 Å². The molecule has 2 aromatic carbocycles. The Morgan fingerprint density at radius 1 is 1.08 bits per heavy atom. The van der Waals surface area contributed by atoms with Gasteiger partial charge in [0.25, 0.3) is 0 Å². The minimum atomic E-state index is -0.0404. The van der Waals surface area contributed by atoms with Gasteiger partial charge in [0.15, 0.2) is 0 Å². The van der Waals surface area contributed by atoms with E-state index in [2.05, 4.69) is 21.9 Å². The van der Waals surface area contributed by atoms with Gasteiger partial charge < -0.3 is 9.40 Å². The van der Waals surface area contributed by atoms with Crippen LogP contribution in [0.2, 0.25) is 0 Å². The topological polar surface area (TPSA) is 70.1 Å². The van der Waals surface area contributed by atoms with E-state index in [1.807, 2.05) is 54.7 Å². The number of furan rings is 1. The number of hydrazine groups is 1. The van der Waals surface area contributed by atoms with Gasteiger partial charge in [0.05, 0.1) is 6.54 Å². The lowest BCUT2D eigenvalue weighted by Crippen LogP contribution is -2.36. The molecule has 0 spiro atoms. The van der Waals surface area contributed by atoms with Gasteiger partial charge in [0.1, 0.15) is 11.3 Å². The highest BCUT2D eigenvalue weighted by Crippen LogP contribution is 2.19. The number of nitrogens with one attached hydrogen (secondary N) is 3. The Morgan fingerprint density at radius 3 is 2.84 bits per heavy atom. The molecule has 126 valence electrons. The van der Waals surface area contributed by atoms with Crippen LogP contribution in [0.4, 0.5) is 0 Å². The van der Waals surface area contributed by atoms with E-state index in [4.69, 9.17) is 4.42 Å². The molecule has 0 aliphatic rings. The summed E-state index contributed by atoms with van der Waals surface area (Å²) < 4.78 is 5.70. The molecule has 0 bridgehead atoms. The number of aromatic nitrogens is 1. The van der Waals surface area contributed by atoms with Crippen LogP contribution in [-0.4, -0.2) is 10.9 Å². The predicted octanol–water partition coefficient (Wildman–Crippen LogP) is 3.67. The van der Waals surface area contributed by atoms with Crippen molar-refractivity contribution in [3.05, 3.63) is 72.1 Å². The van der Waals surface area contributed by atoms with Crippen LogP contribution in [-0.2, 0) is 17.8 Å². The SMILES string of the molecule is O=C(CCc1c[nH]c2ccccc12)NNCc1cc2ccccc2o1. The van der Waals surface area contributed by atoms with Gasteiger partial charge in [-0.05, 0) is 30.2 Å². The number of rotatable bonds is 6. The van der Waals surface area contributed by atoms with Gasteiger partial charge in [0.2, 0.25) is 5.91 Å².